The predicted molar refractivity (Wildman–Crippen MR) is 74.5 cm³/mol. The predicted octanol–water partition coefficient (Wildman–Crippen LogP) is 1.39. The van der Waals surface area contributed by atoms with Crippen molar-refractivity contribution in [3.63, 3.8) is 0 Å². The van der Waals surface area contributed by atoms with Gasteiger partial charge >= 0.3 is 5.69 Å². The maximum Gasteiger partial charge on any atom is 0.325 e. The maximum absolute atomic E-state index is 11.9. The van der Waals surface area contributed by atoms with Crippen molar-refractivity contribution < 1.29 is 4.79 Å². The number of benzene rings is 1. The number of H-pyrrole nitrogens is 2. The average molecular weight is 324 g/mol. The molecular weight excluding hydrogens is 314 g/mol. The van der Waals surface area contributed by atoms with Crippen LogP contribution in [-0.2, 0) is 0 Å². The van der Waals surface area contributed by atoms with Crippen LogP contribution in [0.2, 0.25) is 0 Å². The molecule has 0 saturated carbocycles. The van der Waals surface area contributed by atoms with Crippen LogP contribution in [0, 0.1) is 6.92 Å². The van der Waals surface area contributed by atoms with E-state index in [4.69, 9.17) is 0 Å². The summed E-state index contributed by atoms with van der Waals surface area (Å²) in [5, 5.41) is 2.61. The number of carbonyl (C=O) groups is 1. The highest BCUT2D eigenvalue weighted by Crippen LogP contribution is 2.20. The fourth-order valence-electron chi connectivity index (χ4n) is 1.54. The third-order valence-electron chi connectivity index (χ3n) is 2.50. The Morgan fingerprint density at radius 1 is 1.32 bits per heavy atom. The molecule has 1 amide bonds. The Kier molecular flexibility index (Phi) is 3.66. The number of hydrogen-bond donors (Lipinski definition) is 3. The van der Waals surface area contributed by atoms with E-state index in [2.05, 4.69) is 26.2 Å². The zero-order chi connectivity index (χ0) is 14.0. The molecule has 0 unspecified atom stereocenters. The lowest BCUT2D eigenvalue weighted by atomic mass is 10.2. The SMILES string of the molecule is Cc1cc(Br)ccc1NC(=O)c1c[nH]c(=O)[nH]c1=O. The highest BCUT2D eigenvalue weighted by molar-refractivity contribution is 9.10. The Hall–Kier alpha value is -2.15. The van der Waals surface area contributed by atoms with Crippen LogP contribution >= 0.6 is 15.9 Å². The molecular formula is C12H10BrN3O3. The molecule has 0 saturated heterocycles. The van der Waals surface area contributed by atoms with Gasteiger partial charge in [-0.15, -0.1) is 0 Å². The molecule has 1 heterocycles. The minimum atomic E-state index is -0.726. The summed E-state index contributed by atoms with van der Waals surface area (Å²) >= 11 is 3.32. The molecule has 0 aliphatic heterocycles. The minimum absolute atomic E-state index is 0.151. The van der Waals surface area contributed by atoms with E-state index in [0.29, 0.717) is 5.69 Å². The summed E-state index contributed by atoms with van der Waals surface area (Å²) in [5.41, 5.74) is -0.0818. The monoisotopic (exact) mass is 323 g/mol. The molecule has 0 aliphatic carbocycles. The van der Waals surface area contributed by atoms with Crippen LogP contribution in [0.25, 0.3) is 0 Å². The van der Waals surface area contributed by atoms with Crippen molar-refractivity contribution in [2.24, 2.45) is 0 Å². The van der Waals surface area contributed by atoms with Crippen LogP contribution in [0.4, 0.5) is 5.69 Å². The smallest absolute Gasteiger partial charge is 0.322 e. The van der Waals surface area contributed by atoms with E-state index in [-0.39, 0.29) is 5.56 Å². The van der Waals surface area contributed by atoms with Crippen LogP contribution in [0.15, 0.2) is 38.5 Å². The fourth-order valence-corrected chi connectivity index (χ4v) is 2.01. The van der Waals surface area contributed by atoms with Crippen molar-refractivity contribution in [3.8, 4) is 0 Å². The van der Waals surface area contributed by atoms with Gasteiger partial charge in [0.05, 0.1) is 0 Å². The number of aromatic nitrogens is 2. The zero-order valence-electron chi connectivity index (χ0n) is 9.91. The number of hydrogen-bond acceptors (Lipinski definition) is 3. The van der Waals surface area contributed by atoms with Gasteiger partial charge in [0, 0.05) is 16.4 Å². The van der Waals surface area contributed by atoms with E-state index in [0.717, 1.165) is 16.2 Å². The molecule has 2 rings (SSSR count). The quantitative estimate of drug-likeness (QED) is 0.779. The molecule has 0 radical (unpaired) electrons. The van der Waals surface area contributed by atoms with E-state index in [1.165, 1.54) is 0 Å². The van der Waals surface area contributed by atoms with E-state index in [1.807, 2.05) is 18.0 Å². The van der Waals surface area contributed by atoms with Crippen molar-refractivity contribution in [2.75, 3.05) is 5.32 Å². The number of anilines is 1. The number of rotatable bonds is 2. The van der Waals surface area contributed by atoms with E-state index in [9.17, 15) is 14.4 Å². The van der Waals surface area contributed by atoms with Crippen molar-refractivity contribution in [3.05, 3.63) is 60.8 Å². The van der Waals surface area contributed by atoms with Crippen molar-refractivity contribution in [2.45, 2.75) is 6.92 Å². The average Bonchev–Trinajstić information content (AvgIpc) is 2.32. The van der Waals surface area contributed by atoms with Gasteiger partial charge in [0.2, 0.25) is 0 Å². The summed E-state index contributed by atoms with van der Waals surface area (Å²) < 4.78 is 0.893. The minimum Gasteiger partial charge on any atom is -0.322 e. The van der Waals surface area contributed by atoms with Gasteiger partial charge in [-0.25, -0.2) is 4.79 Å². The van der Waals surface area contributed by atoms with Crippen LogP contribution in [0.3, 0.4) is 0 Å². The second-order valence-corrected chi connectivity index (χ2v) is 4.81. The standard InChI is InChI=1S/C12H10BrN3O3/c1-6-4-7(13)2-3-9(6)15-10(17)8-5-14-12(19)16-11(8)18/h2-5H,1H3,(H,15,17)(H2,14,16,18,19). The molecule has 0 spiro atoms. The van der Waals surface area contributed by atoms with Crippen LogP contribution in [-0.4, -0.2) is 15.9 Å². The summed E-state index contributed by atoms with van der Waals surface area (Å²) in [4.78, 5) is 38.5. The molecule has 3 N–H and O–H groups in total. The Balaban J connectivity index is 2.31. The van der Waals surface area contributed by atoms with Gasteiger partial charge in [0.15, 0.2) is 0 Å². The highest BCUT2D eigenvalue weighted by atomic mass is 79.9. The number of nitrogens with one attached hydrogen (secondary N) is 3. The second-order valence-electron chi connectivity index (χ2n) is 3.90. The summed E-state index contributed by atoms with van der Waals surface area (Å²) in [5.74, 6) is -0.581. The van der Waals surface area contributed by atoms with Gasteiger partial charge < -0.3 is 10.3 Å². The van der Waals surface area contributed by atoms with Gasteiger partial charge in [-0.3, -0.25) is 14.6 Å². The maximum atomic E-state index is 11.9. The van der Waals surface area contributed by atoms with E-state index < -0.39 is 17.2 Å². The number of aryl methyl sites for hydroxylation is 1. The van der Waals surface area contributed by atoms with Gasteiger partial charge in [-0.2, -0.15) is 0 Å². The summed E-state index contributed by atoms with van der Waals surface area (Å²) in [6, 6.07) is 5.34. The zero-order valence-corrected chi connectivity index (χ0v) is 11.5. The largest absolute Gasteiger partial charge is 0.325 e. The number of aromatic amines is 2. The van der Waals surface area contributed by atoms with Crippen molar-refractivity contribution >= 4 is 27.5 Å². The summed E-state index contributed by atoms with van der Waals surface area (Å²) in [6.07, 6.45) is 1.09. The lowest BCUT2D eigenvalue weighted by Gasteiger charge is -2.08. The molecule has 1 aromatic carbocycles. The molecule has 0 fully saturated rings. The first-order valence-electron chi connectivity index (χ1n) is 5.37. The van der Waals surface area contributed by atoms with Crippen LogP contribution in [0.1, 0.15) is 15.9 Å². The fraction of sp³-hybridized carbons (Fsp3) is 0.0833. The topological polar surface area (TPSA) is 94.8 Å². The third-order valence-corrected chi connectivity index (χ3v) is 2.99. The molecule has 98 valence electrons. The normalized spacial score (nSPS) is 10.2. The number of halogens is 1. The first kappa shape index (κ1) is 13.3. The van der Waals surface area contributed by atoms with Gasteiger partial charge in [0.25, 0.3) is 11.5 Å². The first-order chi connectivity index (χ1) is 8.97. The number of carbonyl (C=O) groups excluding carboxylic acids is 1. The van der Waals surface area contributed by atoms with Gasteiger partial charge in [-0.05, 0) is 30.7 Å². The van der Waals surface area contributed by atoms with E-state index in [1.54, 1.807) is 12.1 Å². The lowest BCUT2D eigenvalue weighted by Crippen LogP contribution is -2.29. The molecule has 1 aromatic heterocycles. The Labute approximate surface area is 116 Å². The van der Waals surface area contributed by atoms with Crippen molar-refractivity contribution in [1.82, 2.24) is 9.97 Å². The van der Waals surface area contributed by atoms with Crippen LogP contribution in [0.5, 0.6) is 0 Å². The second kappa shape index (κ2) is 5.23. The molecule has 0 aliphatic rings. The summed E-state index contributed by atoms with van der Waals surface area (Å²) in [6.45, 7) is 1.83. The lowest BCUT2D eigenvalue weighted by molar-refractivity contribution is 0.102. The molecule has 7 heteroatoms. The Morgan fingerprint density at radius 2 is 2.05 bits per heavy atom. The molecule has 0 bridgehead atoms. The Bertz CT molecular complexity index is 748. The van der Waals surface area contributed by atoms with Gasteiger partial charge in [0.1, 0.15) is 5.56 Å². The highest BCUT2D eigenvalue weighted by Gasteiger charge is 2.12. The molecule has 19 heavy (non-hydrogen) atoms. The van der Waals surface area contributed by atoms with Crippen molar-refractivity contribution in [1.29, 1.82) is 0 Å². The summed E-state index contributed by atoms with van der Waals surface area (Å²) in [7, 11) is 0. The van der Waals surface area contributed by atoms with Gasteiger partial charge in [-0.1, -0.05) is 15.9 Å². The van der Waals surface area contributed by atoms with E-state index >= 15 is 0 Å². The third kappa shape index (κ3) is 3.00. The molecule has 2 aromatic rings. The number of amides is 1. The molecule has 6 nitrogen and oxygen atoms in total. The first-order valence-corrected chi connectivity index (χ1v) is 6.16. The Morgan fingerprint density at radius 3 is 2.68 bits per heavy atom. The molecule has 0 atom stereocenters. The van der Waals surface area contributed by atoms with Crippen LogP contribution < -0.4 is 16.6 Å².